The first-order chi connectivity index (χ1) is 16.3. The number of benzene rings is 2. The van der Waals surface area contributed by atoms with Crippen molar-refractivity contribution in [3.63, 3.8) is 0 Å². The van der Waals surface area contributed by atoms with Crippen molar-refractivity contribution < 1.29 is 42.3 Å². The van der Waals surface area contributed by atoms with Gasteiger partial charge in [0.05, 0.1) is 19.8 Å². The monoisotopic (exact) mass is 584 g/mol. The Kier molecular flexibility index (Phi) is 10.8. The summed E-state index contributed by atoms with van der Waals surface area (Å²) in [5.41, 5.74) is 1.93. The van der Waals surface area contributed by atoms with Gasteiger partial charge in [-0.05, 0) is 29.2 Å². The molecule has 3 aromatic rings. The molecule has 0 aliphatic carbocycles. The van der Waals surface area contributed by atoms with E-state index in [-0.39, 0.29) is 6.08 Å². The maximum Gasteiger partial charge on any atom is 0.385 e. The van der Waals surface area contributed by atoms with Crippen LogP contribution in [0.2, 0.25) is 0 Å². The molecule has 1 unspecified atom stereocenters. The fourth-order valence-electron chi connectivity index (χ4n) is 2.70. The smallest absolute Gasteiger partial charge is 0.385 e. The van der Waals surface area contributed by atoms with Crippen molar-refractivity contribution in [1.29, 1.82) is 0 Å². The van der Waals surface area contributed by atoms with Gasteiger partial charge in [-0.1, -0.05) is 71.2 Å². The van der Waals surface area contributed by atoms with Gasteiger partial charge < -0.3 is 14.4 Å². The van der Waals surface area contributed by atoms with Gasteiger partial charge in [-0.25, -0.2) is 18.6 Å². The number of hydrogen-bond acceptors (Lipinski definition) is 10. The van der Waals surface area contributed by atoms with Crippen molar-refractivity contribution in [3.8, 4) is 17.1 Å². The lowest BCUT2D eigenvalue weighted by molar-refractivity contribution is -2.00. The molecule has 0 fully saturated rings. The summed E-state index contributed by atoms with van der Waals surface area (Å²) in [7, 11) is -0.335. The number of nitrogens with zero attached hydrogens (tertiary/aromatic N) is 4. The minimum absolute atomic E-state index is 0.00560. The highest BCUT2D eigenvalue weighted by Gasteiger charge is 2.41. The van der Waals surface area contributed by atoms with Gasteiger partial charge >= 0.3 is 17.0 Å². The molecule has 3 rings (SSSR count). The van der Waals surface area contributed by atoms with Gasteiger partial charge in [-0.2, -0.15) is 4.99 Å². The number of rotatable bonds is 5. The number of alkyl halides is 3. The minimum atomic E-state index is -4.94. The SMILES string of the molecule is COC(=NC(N(C)c1nc(-c2ccccc2)[n+](-c2ccccc2)s1)C(Cl)(Cl)Cl)OC.[O-][Cl+3]([O-])([O-])[O-]. The standard InChI is InChI=1S/C20H20Cl3N4O2S.ClHO4/c1-26(17(20(21,22)23)25-19(28-2)29-3)18-24-16(14-10-6-4-7-11-14)27(30-18)15-12-8-5-9-13-15;2-1(3,4)5/h4-13,17H,1-3H3;(H,2,3,4,5)/q+1;/p-1. The third kappa shape index (κ3) is 9.22. The number of aliphatic imine (C=N–C) groups is 1. The molecule has 0 aliphatic heterocycles. The highest BCUT2D eigenvalue weighted by atomic mass is 35.7. The molecule has 10 nitrogen and oxygen atoms in total. The molecule has 0 saturated carbocycles. The van der Waals surface area contributed by atoms with Crippen molar-refractivity contribution in [3.05, 3.63) is 60.7 Å². The number of anilines is 1. The first-order valence-corrected chi connectivity index (χ1v) is 12.6. The molecule has 0 aliphatic rings. The van der Waals surface area contributed by atoms with Crippen LogP contribution in [0.4, 0.5) is 5.13 Å². The Morgan fingerprint density at radius 2 is 1.49 bits per heavy atom. The van der Waals surface area contributed by atoms with Gasteiger partial charge in [0.1, 0.15) is 17.2 Å². The number of hydrogen-bond donors (Lipinski definition) is 0. The Morgan fingerprint density at radius 1 is 1.00 bits per heavy atom. The van der Waals surface area contributed by atoms with Crippen LogP contribution in [0.3, 0.4) is 0 Å². The van der Waals surface area contributed by atoms with E-state index < -0.39 is 20.2 Å². The molecule has 190 valence electrons. The normalized spacial score (nSPS) is 12.2. The maximum absolute atomic E-state index is 8.49. The Balaban J connectivity index is 0.000000784. The Bertz CT molecular complexity index is 1030. The van der Waals surface area contributed by atoms with E-state index >= 15 is 0 Å². The van der Waals surface area contributed by atoms with Gasteiger partial charge in [-0.3, -0.25) is 0 Å². The molecular formula is C20H20Cl4N4O6S. The fourth-order valence-corrected chi connectivity index (χ4v) is 4.27. The van der Waals surface area contributed by atoms with Crippen LogP contribution in [0.15, 0.2) is 65.7 Å². The summed E-state index contributed by atoms with van der Waals surface area (Å²) in [4.78, 5) is 10.8. The predicted molar refractivity (Wildman–Crippen MR) is 123 cm³/mol. The van der Waals surface area contributed by atoms with Crippen molar-refractivity contribution >= 4 is 57.6 Å². The molecule has 0 N–H and O–H groups in total. The van der Waals surface area contributed by atoms with Crippen molar-refractivity contribution in [2.24, 2.45) is 4.99 Å². The third-order valence-corrected chi connectivity index (χ3v) is 5.82. The highest BCUT2D eigenvalue weighted by Crippen LogP contribution is 2.37. The second kappa shape index (κ2) is 12.9. The quantitative estimate of drug-likeness (QED) is 0.178. The molecule has 1 heterocycles. The molecule has 15 heteroatoms. The van der Waals surface area contributed by atoms with Crippen LogP contribution in [0.1, 0.15) is 0 Å². The first-order valence-electron chi connectivity index (χ1n) is 9.46. The topological polar surface area (TPSA) is 143 Å². The van der Waals surface area contributed by atoms with E-state index in [1.54, 1.807) is 11.9 Å². The lowest BCUT2D eigenvalue weighted by atomic mass is 10.2. The number of para-hydroxylation sites is 1. The van der Waals surface area contributed by atoms with E-state index in [0.29, 0.717) is 5.13 Å². The molecule has 0 spiro atoms. The summed E-state index contributed by atoms with van der Waals surface area (Å²) in [6.45, 7) is 0. The zero-order valence-corrected chi connectivity index (χ0v) is 22.3. The predicted octanol–water partition coefficient (Wildman–Crippen LogP) is 0.112. The zero-order valence-electron chi connectivity index (χ0n) is 18.5. The highest BCUT2D eigenvalue weighted by molar-refractivity contribution is 7.06. The number of aromatic nitrogens is 2. The fraction of sp³-hybridized carbons (Fsp3) is 0.250. The van der Waals surface area contributed by atoms with Gasteiger partial charge in [0.2, 0.25) is 3.79 Å². The molecule has 0 saturated heterocycles. The van der Waals surface area contributed by atoms with E-state index in [2.05, 4.69) is 4.99 Å². The van der Waals surface area contributed by atoms with Crippen LogP contribution in [0.5, 0.6) is 0 Å². The van der Waals surface area contributed by atoms with Gasteiger partial charge in [0.25, 0.3) is 0 Å². The Hall–Kier alpha value is -1.93. The van der Waals surface area contributed by atoms with E-state index in [0.717, 1.165) is 17.1 Å². The van der Waals surface area contributed by atoms with Crippen molar-refractivity contribution in [1.82, 2.24) is 4.98 Å². The second-order valence-electron chi connectivity index (χ2n) is 6.51. The van der Waals surface area contributed by atoms with Crippen molar-refractivity contribution in [2.75, 3.05) is 26.2 Å². The molecule has 1 atom stereocenters. The summed E-state index contributed by atoms with van der Waals surface area (Å²) >= 11 is 20.1. The molecule has 0 radical (unpaired) electrons. The molecule has 2 aromatic carbocycles. The molecule has 0 amide bonds. The summed E-state index contributed by atoms with van der Waals surface area (Å²) in [6, 6.07) is 19.8. The van der Waals surface area contributed by atoms with Gasteiger partial charge in [0, 0.05) is 7.05 Å². The molecular weight excluding hydrogens is 566 g/mol. The minimum Gasteiger partial charge on any atom is -0.454 e. The van der Waals surface area contributed by atoms with E-state index in [1.807, 2.05) is 64.6 Å². The summed E-state index contributed by atoms with van der Waals surface area (Å²) in [6.07, 6.45) is -0.939. The average Bonchev–Trinajstić information content (AvgIpc) is 3.24. The van der Waals surface area contributed by atoms with Gasteiger partial charge in [-0.15, -0.1) is 14.2 Å². The van der Waals surface area contributed by atoms with Crippen LogP contribution in [-0.4, -0.2) is 42.3 Å². The zero-order chi connectivity index (χ0) is 26.2. The van der Waals surface area contributed by atoms with Crippen molar-refractivity contribution in [2.45, 2.75) is 9.96 Å². The molecule has 1 aromatic heterocycles. The number of ether oxygens (including phenoxy) is 2. The third-order valence-electron chi connectivity index (χ3n) is 4.13. The summed E-state index contributed by atoms with van der Waals surface area (Å²) in [5.74, 6) is 0.763. The Labute approximate surface area is 223 Å². The molecule has 0 bridgehead atoms. The van der Waals surface area contributed by atoms with Crippen LogP contribution >= 0.6 is 46.3 Å². The lowest BCUT2D eigenvalue weighted by Crippen LogP contribution is -2.68. The van der Waals surface area contributed by atoms with E-state index in [4.69, 9.17) is 67.9 Å². The van der Waals surface area contributed by atoms with Crippen LogP contribution in [-0.2, 0) is 9.47 Å². The van der Waals surface area contributed by atoms with Crippen LogP contribution in [0, 0.1) is 10.2 Å². The lowest BCUT2D eigenvalue weighted by Gasteiger charge is -2.27. The largest absolute Gasteiger partial charge is 0.454 e. The average molecular weight is 586 g/mol. The van der Waals surface area contributed by atoms with Gasteiger partial charge in [0.15, 0.2) is 6.17 Å². The molecule has 35 heavy (non-hydrogen) atoms. The van der Waals surface area contributed by atoms with Crippen LogP contribution < -0.4 is 27.5 Å². The van der Waals surface area contributed by atoms with E-state index in [9.17, 15) is 0 Å². The maximum atomic E-state index is 8.49. The van der Waals surface area contributed by atoms with Crippen LogP contribution in [0.25, 0.3) is 17.1 Å². The summed E-state index contributed by atoms with van der Waals surface area (Å²) in [5, 5.41) is 0.601. The number of methoxy groups -OCH3 is 2. The van der Waals surface area contributed by atoms with E-state index in [1.165, 1.54) is 25.8 Å². The Morgan fingerprint density at radius 3 is 1.94 bits per heavy atom. The number of halogens is 4. The first kappa shape index (κ1) is 29.3. The summed E-state index contributed by atoms with van der Waals surface area (Å²) < 4.78 is 44.4. The second-order valence-corrected chi connectivity index (χ2v) is 10.6.